The summed E-state index contributed by atoms with van der Waals surface area (Å²) in [4.78, 5) is 16.4. The van der Waals surface area contributed by atoms with E-state index >= 15 is 0 Å². The van der Waals surface area contributed by atoms with E-state index in [1.807, 2.05) is 4.98 Å². The molecule has 1 N–H and O–H groups in total. The Labute approximate surface area is 104 Å². The number of fused-ring (bicyclic) bond motifs is 1. The summed E-state index contributed by atoms with van der Waals surface area (Å²) in [6, 6.07) is 1.88. The van der Waals surface area contributed by atoms with Crippen molar-refractivity contribution in [2.24, 2.45) is 0 Å². The van der Waals surface area contributed by atoms with Gasteiger partial charge in [-0.2, -0.15) is 13.2 Å². The van der Waals surface area contributed by atoms with Crippen LogP contribution in [0, 0.1) is 5.82 Å². The van der Waals surface area contributed by atoms with Gasteiger partial charge in [-0.1, -0.05) is 0 Å². The van der Waals surface area contributed by atoms with Gasteiger partial charge in [-0.15, -0.1) is 0 Å². The third kappa shape index (κ3) is 2.51. The Bertz CT molecular complexity index is 679. The van der Waals surface area contributed by atoms with Crippen molar-refractivity contribution in [2.75, 3.05) is 6.61 Å². The first-order valence-electron chi connectivity index (χ1n) is 5.26. The Balaban J connectivity index is 2.70. The molecule has 19 heavy (non-hydrogen) atoms. The Morgan fingerprint density at radius 3 is 2.63 bits per heavy atom. The average Bonchev–Trinajstić information content (AvgIpc) is 2.28. The Kier molecular flexibility index (Phi) is 3.17. The molecule has 0 aliphatic rings. The first kappa shape index (κ1) is 13.3. The molecule has 1 heterocycles. The van der Waals surface area contributed by atoms with Crippen LogP contribution in [0.15, 0.2) is 16.9 Å². The lowest BCUT2D eigenvalue weighted by molar-refractivity contribution is -0.142. The maximum Gasteiger partial charge on any atom is 0.438 e. The van der Waals surface area contributed by atoms with Crippen LogP contribution in [0.4, 0.5) is 17.6 Å². The summed E-state index contributed by atoms with van der Waals surface area (Å²) in [5, 5.41) is 0. The van der Waals surface area contributed by atoms with Gasteiger partial charge in [-0.05, 0) is 6.92 Å². The highest BCUT2D eigenvalue weighted by molar-refractivity contribution is 5.76. The highest BCUT2D eigenvalue weighted by Crippen LogP contribution is 2.27. The standard InChI is InChI=1S/C11H8F4N2O2/c1-2-19-8-4-7-6(3-5(8)12)17-10(18)9(16-7)11(13,14)15/h3-4H,2H2,1H3,(H,17,18). The van der Waals surface area contributed by atoms with Gasteiger partial charge in [0.05, 0.1) is 17.6 Å². The number of halogens is 4. The van der Waals surface area contributed by atoms with Crippen molar-refractivity contribution in [1.82, 2.24) is 9.97 Å². The summed E-state index contributed by atoms with van der Waals surface area (Å²) < 4.78 is 55.9. The second-order valence-electron chi connectivity index (χ2n) is 3.65. The van der Waals surface area contributed by atoms with Crippen LogP contribution in [-0.2, 0) is 6.18 Å². The van der Waals surface area contributed by atoms with Gasteiger partial charge in [-0.3, -0.25) is 4.79 Å². The first-order valence-corrected chi connectivity index (χ1v) is 5.26. The number of aromatic nitrogens is 2. The summed E-state index contributed by atoms with van der Waals surface area (Å²) in [5.41, 5.74) is -3.31. The fraction of sp³-hybridized carbons (Fsp3) is 0.273. The molecule has 1 aromatic carbocycles. The van der Waals surface area contributed by atoms with Crippen molar-refractivity contribution in [3.63, 3.8) is 0 Å². The number of hydrogen-bond donors (Lipinski definition) is 1. The molecule has 4 nitrogen and oxygen atoms in total. The molecule has 0 fully saturated rings. The zero-order valence-corrected chi connectivity index (χ0v) is 9.64. The van der Waals surface area contributed by atoms with Crippen LogP contribution in [-0.4, -0.2) is 16.6 Å². The number of rotatable bonds is 2. The van der Waals surface area contributed by atoms with Crippen molar-refractivity contribution in [3.05, 3.63) is 34.0 Å². The van der Waals surface area contributed by atoms with Crippen LogP contribution in [0.2, 0.25) is 0 Å². The van der Waals surface area contributed by atoms with Crippen molar-refractivity contribution in [3.8, 4) is 5.75 Å². The fourth-order valence-corrected chi connectivity index (χ4v) is 1.55. The van der Waals surface area contributed by atoms with Gasteiger partial charge >= 0.3 is 6.18 Å². The zero-order valence-electron chi connectivity index (χ0n) is 9.64. The summed E-state index contributed by atoms with van der Waals surface area (Å²) >= 11 is 0. The summed E-state index contributed by atoms with van der Waals surface area (Å²) in [6.07, 6.45) is -4.87. The maximum absolute atomic E-state index is 13.5. The molecule has 0 spiro atoms. The molecule has 0 aliphatic heterocycles. The minimum absolute atomic E-state index is 0.126. The Morgan fingerprint density at radius 1 is 1.37 bits per heavy atom. The van der Waals surface area contributed by atoms with Crippen LogP contribution < -0.4 is 10.3 Å². The van der Waals surface area contributed by atoms with Gasteiger partial charge in [0.25, 0.3) is 5.56 Å². The minimum atomic E-state index is -4.87. The largest absolute Gasteiger partial charge is 0.491 e. The normalized spacial score (nSPS) is 11.8. The average molecular weight is 276 g/mol. The van der Waals surface area contributed by atoms with Crippen molar-refractivity contribution in [1.29, 1.82) is 0 Å². The van der Waals surface area contributed by atoms with Crippen molar-refractivity contribution < 1.29 is 22.3 Å². The molecule has 0 bridgehead atoms. The van der Waals surface area contributed by atoms with Gasteiger partial charge in [0, 0.05) is 12.1 Å². The second-order valence-corrected chi connectivity index (χ2v) is 3.65. The highest BCUT2D eigenvalue weighted by atomic mass is 19.4. The number of nitrogens with zero attached hydrogens (tertiary/aromatic N) is 1. The van der Waals surface area contributed by atoms with Crippen molar-refractivity contribution in [2.45, 2.75) is 13.1 Å². The molecule has 0 atom stereocenters. The molecular weight excluding hydrogens is 268 g/mol. The van der Waals surface area contributed by atoms with Gasteiger partial charge in [-0.25, -0.2) is 9.37 Å². The maximum atomic E-state index is 13.5. The molecule has 2 aromatic rings. The number of alkyl halides is 3. The molecular formula is C11H8F4N2O2. The van der Waals surface area contributed by atoms with Crippen LogP contribution >= 0.6 is 0 Å². The quantitative estimate of drug-likeness (QED) is 0.857. The minimum Gasteiger partial charge on any atom is -0.491 e. The number of hydrogen-bond acceptors (Lipinski definition) is 3. The van der Waals surface area contributed by atoms with E-state index in [4.69, 9.17) is 4.74 Å². The van der Waals surface area contributed by atoms with E-state index in [9.17, 15) is 22.4 Å². The fourth-order valence-electron chi connectivity index (χ4n) is 1.55. The van der Waals surface area contributed by atoms with E-state index < -0.39 is 23.2 Å². The van der Waals surface area contributed by atoms with Crippen molar-refractivity contribution >= 4 is 11.0 Å². The number of ether oxygens (including phenoxy) is 1. The lowest BCUT2D eigenvalue weighted by Gasteiger charge is -2.08. The predicted octanol–water partition coefficient (Wildman–Crippen LogP) is 2.48. The number of aromatic amines is 1. The van der Waals surface area contributed by atoms with Crippen LogP contribution in [0.5, 0.6) is 5.75 Å². The van der Waals surface area contributed by atoms with Crippen LogP contribution in [0.25, 0.3) is 11.0 Å². The molecule has 2 rings (SSSR count). The molecule has 0 amide bonds. The molecule has 0 aliphatic carbocycles. The molecule has 0 saturated heterocycles. The number of nitrogens with one attached hydrogen (secondary N) is 1. The van der Waals surface area contributed by atoms with E-state index in [0.717, 1.165) is 12.1 Å². The molecule has 0 saturated carbocycles. The van der Waals surface area contributed by atoms with E-state index in [-0.39, 0.29) is 23.4 Å². The molecule has 0 unspecified atom stereocenters. The monoisotopic (exact) mass is 276 g/mol. The van der Waals surface area contributed by atoms with Crippen LogP contribution in [0.3, 0.4) is 0 Å². The lowest BCUT2D eigenvalue weighted by Crippen LogP contribution is -2.23. The highest BCUT2D eigenvalue weighted by Gasteiger charge is 2.36. The summed E-state index contributed by atoms with van der Waals surface area (Å²) in [7, 11) is 0. The smallest absolute Gasteiger partial charge is 0.438 e. The molecule has 102 valence electrons. The van der Waals surface area contributed by atoms with Gasteiger partial charge < -0.3 is 9.72 Å². The Morgan fingerprint density at radius 2 is 2.05 bits per heavy atom. The van der Waals surface area contributed by atoms with E-state index in [2.05, 4.69) is 4.98 Å². The van der Waals surface area contributed by atoms with Gasteiger partial charge in [0.1, 0.15) is 0 Å². The third-order valence-corrected chi connectivity index (χ3v) is 2.31. The first-order chi connectivity index (χ1) is 8.82. The molecule has 1 aromatic heterocycles. The third-order valence-electron chi connectivity index (χ3n) is 2.31. The summed E-state index contributed by atoms with van der Waals surface area (Å²) in [6.45, 7) is 1.75. The zero-order chi connectivity index (χ0) is 14.2. The lowest BCUT2D eigenvalue weighted by atomic mass is 10.2. The number of H-pyrrole nitrogens is 1. The van der Waals surface area contributed by atoms with Gasteiger partial charge in [0.15, 0.2) is 11.6 Å². The predicted molar refractivity (Wildman–Crippen MR) is 58.5 cm³/mol. The van der Waals surface area contributed by atoms with Crippen LogP contribution in [0.1, 0.15) is 12.6 Å². The molecule has 0 radical (unpaired) electrons. The Hall–Kier alpha value is -2.12. The van der Waals surface area contributed by atoms with E-state index in [1.165, 1.54) is 0 Å². The second kappa shape index (κ2) is 4.52. The molecule has 8 heteroatoms. The SMILES string of the molecule is CCOc1cc2nc(C(F)(F)F)c(=O)[nH]c2cc1F. The topological polar surface area (TPSA) is 55.0 Å². The van der Waals surface area contributed by atoms with E-state index in [1.54, 1.807) is 6.92 Å². The van der Waals surface area contributed by atoms with E-state index in [0.29, 0.717) is 0 Å². The number of benzene rings is 1. The van der Waals surface area contributed by atoms with Gasteiger partial charge in [0.2, 0.25) is 5.69 Å². The summed E-state index contributed by atoms with van der Waals surface area (Å²) in [5.74, 6) is -1.01.